The summed E-state index contributed by atoms with van der Waals surface area (Å²) in [4.78, 5) is 15.3. The number of ether oxygens (including phenoxy) is 1. The molecular formula is C24H32N2O2. The summed E-state index contributed by atoms with van der Waals surface area (Å²) in [5, 5.41) is 3.27. The standard InChI is InChI=1S/C24H32N2O2/c1-4-23(19-9-11-22(28-3)12-10-19)25-24(27)20-13-15-26(16-14-20)17-21-8-6-5-7-18(21)2/h5-12,20,23H,4,13-17H2,1-3H3,(H,25,27)/t23-/m0/s1. The van der Waals surface area contributed by atoms with E-state index in [1.54, 1.807) is 7.11 Å². The number of amides is 1. The van der Waals surface area contributed by atoms with E-state index < -0.39 is 0 Å². The summed E-state index contributed by atoms with van der Waals surface area (Å²) in [6, 6.07) is 16.6. The van der Waals surface area contributed by atoms with Crippen molar-refractivity contribution in [2.24, 2.45) is 5.92 Å². The van der Waals surface area contributed by atoms with Crippen LogP contribution in [0.3, 0.4) is 0 Å². The molecule has 2 aromatic rings. The molecule has 0 radical (unpaired) electrons. The average molecular weight is 381 g/mol. The highest BCUT2D eigenvalue weighted by atomic mass is 16.5. The third-order valence-electron chi connectivity index (χ3n) is 5.86. The number of piperidine rings is 1. The first-order valence-electron chi connectivity index (χ1n) is 10.3. The molecule has 1 atom stereocenters. The molecule has 1 aliphatic heterocycles. The van der Waals surface area contributed by atoms with Crippen LogP contribution in [-0.4, -0.2) is 31.0 Å². The molecule has 0 unspecified atom stereocenters. The molecule has 1 amide bonds. The van der Waals surface area contributed by atoms with Crippen LogP contribution in [0.4, 0.5) is 0 Å². The quantitative estimate of drug-likeness (QED) is 0.770. The number of hydrogen-bond acceptors (Lipinski definition) is 3. The average Bonchev–Trinajstić information content (AvgIpc) is 2.74. The molecule has 0 spiro atoms. The van der Waals surface area contributed by atoms with E-state index in [0.717, 1.165) is 50.2 Å². The lowest BCUT2D eigenvalue weighted by Crippen LogP contribution is -2.41. The molecule has 28 heavy (non-hydrogen) atoms. The largest absolute Gasteiger partial charge is 0.497 e. The van der Waals surface area contributed by atoms with E-state index in [9.17, 15) is 4.79 Å². The Morgan fingerprint density at radius 3 is 2.43 bits per heavy atom. The maximum absolute atomic E-state index is 12.8. The Balaban J connectivity index is 1.51. The number of aryl methyl sites for hydroxylation is 1. The van der Waals surface area contributed by atoms with Crippen LogP contribution >= 0.6 is 0 Å². The topological polar surface area (TPSA) is 41.6 Å². The van der Waals surface area contributed by atoms with Crippen LogP contribution in [-0.2, 0) is 11.3 Å². The van der Waals surface area contributed by atoms with Gasteiger partial charge in [-0.05, 0) is 68.1 Å². The van der Waals surface area contributed by atoms with Crippen LogP contribution in [0.15, 0.2) is 48.5 Å². The smallest absolute Gasteiger partial charge is 0.223 e. The zero-order valence-electron chi connectivity index (χ0n) is 17.3. The number of carbonyl (C=O) groups is 1. The number of nitrogens with zero attached hydrogens (tertiary/aromatic N) is 1. The van der Waals surface area contributed by atoms with Crippen molar-refractivity contribution < 1.29 is 9.53 Å². The lowest BCUT2D eigenvalue weighted by Gasteiger charge is -2.32. The van der Waals surface area contributed by atoms with Gasteiger partial charge in [0.2, 0.25) is 5.91 Å². The Morgan fingerprint density at radius 2 is 1.82 bits per heavy atom. The Kier molecular flexibility index (Phi) is 7.10. The fraction of sp³-hybridized carbons (Fsp3) is 0.458. The van der Waals surface area contributed by atoms with Gasteiger partial charge in [0.05, 0.1) is 13.2 Å². The predicted octanol–water partition coefficient (Wildman–Crippen LogP) is 4.48. The summed E-state index contributed by atoms with van der Waals surface area (Å²) in [6.07, 6.45) is 2.73. The SMILES string of the molecule is CC[C@H](NC(=O)C1CCN(Cc2ccccc2C)CC1)c1ccc(OC)cc1. The molecule has 0 saturated carbocycles. The molecule has 1 N–H and O–H groups in total. The van der Waals surface area contributed by atoms with Gasteiger partial charge in [0.15, 0.2) is 0 Å². The van der Waals surface area contributed by atoms with E-state index in [2.05, 4.69) is 48.3 Å². The molecule has 1 heterocycles. The fourth-order valence-electron chi connectivity index (χ4n) is 3.93. The molecular weight excluding hydrogens is 348 g/mol. The minimum atomic E-state index is 0.0587. The van der Waals surface area contributed by atoms with Gasteiger partial charge in [-0.25, -0.2) is 0 Å². The number of carbonyl (C=O) groups excluding carboxylic acids is 1. The van der Waals surface area contributed by atoms with Crippen molar-refractivity contribution in [1.29, 1.82) is 0 Å². The Morgan fingerprint density at radius 1 is 1.14 bits per heavy atom. The second-order valence-electron chi connectivity index (χ2n) is 7.72. The number of rotatable bonds is 7. The zero-order valence-corrected chi connectivity index (χ0v) is 17.3. The Labute approximate surface area is 168 Å². The monoisotopic (exact) mass is 380 g/mol. The second kappa shape index (κ2) is 9.74. The van der Waals surface area contributed by atoms with Crippen molar-refractivity contribution in [3.05, 3.63) is 65.2 Å². The first-order chi connectivity index (χ1) is 13.6. The van der Waals surface area contributed by atoms with Crippen LogP contribution in [0.1, 0.15) is 48.9 Å². The molecule has 2 aromatic carbocycles. The van der Waals surface area contributed by atoms with Gasteiger partial charge in [-0.2, -0.15) is 0 Å². The summed E-state index contributed by atoms with van der Waals surface area (Å²) >= 11 is 0. The van der Waals surface area contributed by atoms with Crippen LogP contribution in [0, 0.1) is 12.8 Å². The van der Waals surface area contributed by atoms with Gasteiger partial charge >= 0.3 is 0 Å². The fourth-order valence-corrected chi connectivity index (χ4v) is 3.93. The summed E-state index contributed by atoms with van der Waals surface area (Å²) in [5.74, 6) is 1.14. The maximum Gasteiger partial charge on any atom is 0.223 e. The normalized spacial score (nSPS) is 16.5. The van der Waals surface area contributed by atoms with E-state index in [4.69, 9.17) is 4.74 Å². The van der Waals surface area contributed by atoms with Gasteiger partial charge < -0.3 is 10.1 Å². The first-order valence-corrected chi connectivity index (χ1v) is 10.3. The molecule has 4 heteroatoms. The van der Waals surface area contributed by atoms with Gasteiger partial charge in [-0.3, -0.25) is 9.69 Å². The third kappa shape index (κ3) is 5.14. The number of benzene rings is 2. The molecule has 1 aliphatic rings. The molecule has 0 aromatic heterocycles. The highest BCUT2D eigenvalue weighted by Crippen LogP contribution is 2.24. The van der Waals surface area contributed by atoms with Crippen LogP contribution < -0.4 is 10.1 Å². The maximum atomic E-state index is 12.8. The van der Waals surface area contributed by atoms with Crippen LogP contribution in [0.2, 0.25) is 0 Å². The summed E-state index contributed by atoms with van der Waals surface area (Å²) in [5.41, 5.74) is 3.86. The van der Waals surface area contributed by atoms with Crippen LogP contribution in [0.5, 0.6) is 5.75 Å². The van der Waals surface area contributed by atoms with Crippen molar-refractivity contribution in [3.63, 3.8) is 0 Å². The molecule has 1 fully saturated rings. The highest BCUT2D eigenvalue weighted by Gasteiger charge is 2.26. The van der Waals surface area contributed by atoms with Crippen molar-refractivity contribution in [1.82, 2.24) is 10.2 Å². The number of methoxy groups -OCH3 is 1. The van der Waals surface area contributed by atoms with Crippen molar-refractivity contribution in [2.45, 2.75) is 45.7 Å². The van der Waals surface area contributed by atoms with E-state index >= 15 is 0 Å². The highest BCUT2D eigenvalue weighted by molar-refractivity contribution is 5.79. The number of likely N-dealkylation sites (tertiary alicyclic amines) is 1. The van der Waals surface area contributed by atoms with Gasteiger partial charge in [0, 0.05) is 12.5 Å². The number of hydrogen-bond donors (Lipinski definition) is 1. The minimum absolute atomic E-state index is 0.0587. The van der Waals surface area contributed by atoms with Gasteiger partial charge in [-0.1, -0.05) is 43.3 Å². The zero-order chi connectivity index (χ0) is 19.9. The van der Waals surface area contributed by atoms with Crippen molar-refractivity contribution in [2.75, 3.05) is 20.2 Å². The van der Waals surface area contributed by atoms with E-state index in [-0.39, 0.29) is 17.9 Å². The molecule has 0 aliphatic carbocycles. The van der Waals surface area contributed by atoms with Gasteiger partial charge in [-0.15, -0.1) is 0 Å². The van der Waals surface area contributed by atoms with Gasteiger partial charge in [0.25, 0.3) is 0 Å². The minimum Gasteiger partial charge on any atom is -0.497 e. The van der Waals surface area contributed by atoms with E-state index in [1.165, 1.54) is 11.1 Å². The number of nitrogens with one attached hydrogen (secondary N) is 1. The third-order valence-corrected chi connectivity index (χ3v) is 5.86. The second-order valence-corrected chi connectivity index (χ2v) is 7.72. The summed E-state index contributed by atoms with van der Waals surface area (Å²) in [7, 11) is 1.67. The molecule has 3 rings (SSSR count). The lowest BCUT2D eigenvalue weighted by molar-refractivity contribution is -0.127. The molecule has 1 saturated heterocycles. The lowest BCUT2D eigenvalue weighted by atomic mass is 9.94. The van der Waals surface area contributed by atoms with Gasteiger partial charge in [0.1, 0.15) is 5.75 Å². The molecule has 0 bridgehead atoms. The molecule has 4 nitrogen and oxygen atoms in total. The summed E-state index contributed by atoms with van der Waals surface area (Å²) < 4.78 is 5.23. The van der Waals surface area contributed by atoms with E-state index in [1.807, 2.05) is 24.3 Å². The van der Waals surface area contributed by atoms with E-state index in [0.29, 0.717) is 0 Å². The predicted molar refractivity (Wildman–Crippen MR) is 113 cm³/mol. The van der Waals surface area contributed by atoms with Crippen molar-refractivity contribution >= 4 is 5.91 Å². The molecule has 150 valence electrons. The Bertz CT molecular complexity index is 764. The summed E-state index contributed by atoms with van der Waals surface area (Å²) in [6.45, 7) is 7.21. The van der Waals surface area contributed by atoms with Crippen LogP contribution in [0.25, 0.3) is 0 Å². The Hall–Kier alpha value is -2.33. The van der Waals surface area contributed by atoms with Crippen molar-refractivity contribution in [3.8, 4) is 5.75 Å². The first kappa shape index (κ1) is 20.4.